The Morgan fingerprint density at radius 1 is 1.25 bits per heavy atom. The molecule has 0 spiro atoms. The summed E-state index contributed by atoms with van der Waals surface area (Å²) in [4.78, 5) is 34.7. The number of nitrogens with zero attached hydrogens (tertiary/aromatic N) is 2. The molecule has 32 heavy (non-hydrogen) atoms. The Hall–Kier alpha value is -3.10. The third-order valence-electron chi connectivity index (χ3n) is 5.35. The van der Waals surface area contributed by atoms with Crippen LogP contribution in [-0.4, -0.2) is 40.2 Å². The van der Waals surface area contributed by atoms with Gasteiger partial charge in [0.15, 0.2) is 5.16 Å². The van der Waals surface area contributed by atoms with Crippen LogP contribution < -0.4 is 15.6 Å². The topological polar surface area (TPSA) is 87.3 Å². The number of methoxy groups -OCH3 is 1. The summed E-state index contributed by atoms with van der Waals surface area (Å²) in [7, 11) is 1.67. The molecule has 0 saturated heterocycles. The average Bonchev–Trinajstić information content (AvgIpc) is 2.78. The van der Waals surface area contributed by atoms with Gasteiger partial charge in [-0.15, -0.1) is 0 Å². The average molecular weight is 451 g/mol. The summed E-state index contributed by atoms with van der Waals surface area (Å²) in [6, 6.07) is 15.6. The van der Waals surface area contributed by atoms with Gasteiger partial charge in [0, 0.05) is 37.3 Å². The maximum atomic E-state index is 12.7. The second-order valence-electron chi connectivity index (χ2n) is 7.78. The first kappa shape index (κ1) is 22.1. The lowest BCUT2D eigenvalue weighted by molar-refractivity contribution is -0.113. The monoisotopic (exact) mass is 450 g/mol. The van der Waals surface area contributed by atoms with Crippen LogP contribution in [0.4, 0.5) is 5.69 Å². The number of hydrogen-bond donors (Lipinski definition) is 2. The van der Waals surface area contributed by atoms with Gasteiger partial charge in [-0.1, -0.05) is 42.1 Å². The highest BCUT2D eigenvalue weighted by atomic mass is 32.2. The van der Waals surface area contributed by atoms with Crippen LogP contribution in [0.1, 0.15) is 22.4 Å². The molecule has 2 aromatic carbocycles. The zero-order chi connectivity index (χ0) is 22.5. The van der Waals surface area contributed by atoms with Crippen LogP contribution in [0.5, 0.6) is 5.75 Å². The molecule has 1 amide bonds. The quantitative estimate of drug-likeness (QED) is 0.424. The zero-order valence-corrected chi connectivity index (χ0v) is 19.0. The van der Waals surface area contributed by atoms with Crippen molar-refractivity contribution in [1.29, 1.82) is 0 Å². The van der Waals surface area contributed by atoms with Crippen LogP contribution in [-0.2, 0) is 24.3 Å². The fourth-order valence-corrected chi connectivity index (χ4v) is 4.47. The van der Waals surface area contributed by atoms with Crippen LogP contribution in [0.2, 0.25) is 0 Å². The lowest BCUT2D eigenvalue weighted by atomic mass is 10.1. The van der Waals surface area contributed by atoms with E-state index in [1.54, 1.807) is 7.11 Å². The molecule has 0 saturated carbocycles. The van der Waals surface area contributed by atoms with Crippen molar-refractivity contribution >= 4 is 23.4 Å². The highest BCUT2D eigenvalue weighted by Gasteiger charge is 2.22. The summed E-state index contributed by atoms with van der Waals surface area (Å²) >= 11 is 1.24. The lowest BCUT2D eigenvalue weighted by Crippen LogP contribution is -2.35. The predicted molar refractivity (Wildman–Crippen MR) is 126 cm³/mol. The minimum absolute atomic E-state index is 0.135. The summed E-state index contributed by atoms with van der Waals surface area (Å²) in [5.41, 5.74) is 4.30. The molecule has 1 aromatic heterocycles. The normalized spacial score (nSPS) is 13.4. The van der Waals surface area contributed by atoms with E-state index in [-0.39, 0.29) is 17.2 Å². The molecule has 3 aromatic rings. The van der Waals surface area contributed by atoms with Crippen LogP contribution in [0.15, 0.2) is 58.5 Å². The highest BCUT2D eigenvalue weighted by molar-refractivity contribution is 7.99. The summed E-state index contributed by atoms with van der Waals surface area (Å²) in [5.74, 6) is 0.889. The smallest absolute Gasteiger partial charge is 0.256 e. The van der Waals surface area contributed by atoms with Crippen LogP contribution in [0.3, 0.4) is 0 Å². The van der Waals surface area contributed by atoms with Crippen molar-refractivity contribution in [3.63, 3.8) is 0 Å². The van der Waals surface area contributed by atoms with E-state index >= 15 is 0 Å². The fourth-order valence-electron chi connectivity index (χ4n) is 3.79. The maximum Gasteiger partial charge on any atom is 0.256 e. The number of benzene rings is 2. The molecule has 1 aliphatic heterocycles. The van der Waals surface area contributed by atoms with Crippen molar-refractivity contribution in [1.82, 2.24) is 14.9 Å². The molecule has 0 atom stereocenters. The number of aromatic amines is 1. The number of fused-ring (bicyclic) bond motifs is 1. The van der Waals surface area contributed by atoms with E-state index in [1.807, 2.05) is 55.5 Å². The van der Waals surface area contributed by atoms with Gasteiger partial charge in [0.2, 0.25) is 5.91 Å². The second kappa shape index (κ2) is 10.0. The van der Waals surface area contributed by atoms with Gasteiger partial charge in [-0.3, -0.25) is 14.5 Å². The van der Waals surface area contributed by atoms with Crippen molar-refractivity contribution in [2.45, 2.75) is 31.6 Å². The number of carbonyl (C=O) groups is 1. The van der Waals surface area contributed by atoms with E-state index < -0.39 is 0 Å². The lowest BCUT2D eigenvalue weighted by Gasteiger charge is -2.28. The molecule has 1 aliphatic rings. The molecule has 8 heteroatoms. The van der Waals surface area contributed by atoms with Crippen molar-refractivity contribution in [2.75, 3.05) is 24.7 Å². The Morgan fingerprint density at radius 2 is 2.09 bits per heavy atom. The first-order valence-corrected chi connectivity index (χ1v) is 11.5. The number of hydrogen-bond acceptors (Lipinski definition) is 6. The molecule has 0 fully saturated rings. The number of ether oxygens (including phenoxy) is 1. The Kier molecular flexibility index (Phi) is 6.92. The van der Waals surface area contributed by atoms with E-state index in [1.165, 1.54) is 11.8 Å². The number of thioether (sulfide) groups is 1. The zero-order valence-electron chi connectivity index (χ0n) is 18.2. The number of nitrogens with one attached hydrogen (secondary N) is 2. The van der Waals surface area contributed by atoms with Gasteiger partial charge < -0.3 is 15.0 Å². The Morgan fingerprint density at radius 3 is 2.91 bits per heavy atom. The molecule has 0 radical (unpaired) electrons. The third kappa shape index (κ3) is 5.38. The molecule has 2 heterocycles. The minimum Gasteiger partial charge on any atom is -0.496 e. The van der Waals surface area contributed by atoms with Gasteiger partial charge in [-0.25, -0.2) is 4.98 Å². The molecule has 166 valence electrons. The van der Waals surface area contributed by atoms with E-state index in [0.717, 1.165) is 34.8 Å². The first-order chi connectivity index (χ1) is 15.5. The fraction of sp³-hybridized carbons (Fsp3) is 0.292. The van der Waals surface area contributed by atoms with Gasteiger partial charge in [0.1, 0.15) is 5.75 Å². The molecule has 0 aliphatic carbocycles. The standard InChI is InChI=1S/C24H26N4O3S/c1-16-6-5-8-18(12-16)25-22(29)15-32-24-26-20-10-11-28(14-19(20)23(30)27-24)13-17-7-3-4-9-21(17)31-2/h3-9,12H,10-11,13-15H2,1-2H3,(H,25,29)(H,26,27,30). The molecular weight excluding hydrogens is 424 g/mol. The predicted octanol–water partition coefficient (Wildman–Crippen LogP) is 3.38. The summed E-state index contributed by atoms with van der Waals surface area (Å²) < 4.78 is 5.44. The number of carbonyl (C=O) groups excluding carboxylic acids is 1. The second-order valence-corrected chi connectivity index (χ2v) is 8.74. The number of rotatable bonds is 7. The number of H-pyrrole nitrogens is 1. The SMILES string of the molecule is COc1ccccc1CN1CCc2nc(SCC(=O)Nc3cccc(C)c3)[nH]c(=O)c2C1. The molecule has 2 N–H and O–H groups in total. The van der Waals surface area contributed by atoms with E-state index in [0.29, 0.717) is 30.2 Å². The molecule has 0 unspecified atom stereocenters. The van der Waals surface area contributed by atoms with Gasteiger partial charge in [-0.2, -0.15) is 0 Å². The third-order valence-corrected chi connectivity index (χ3v) is 6.23. The Bertz CT molecular complexity index is 1180. The maximum absolute atomic E-state index is 12.7. The summed E-state index contributed by atoms with van der Waals surface area (Å²) in [6.45, 7) is 4.02. The van der Waals surface area contributed by atoms with Gasteiger partial charge in [0.05, 0.1) is 24.1 Å². The van der Waals surface area contributed by atoms with Crippen LogP contribution in [0, 0.1) is 6.92 Å². The Balaban J connectivity index is 1.38. The number of amides is 1. The van der Waals surface area contributed by atoms with Crippen molar-refractivity contribution in [3.8, 4) is 5.75 Å². The Labute approximate surface area is 191 Å². The van der Waals surface area contributed by atoms with E-state index in [2.05, 4.69) is 20.2 Å². The first-order valence-electron chi connectivity index (χ1n) is 10.5. The van der Waals surface area contributed by atoms with Crippen molar-refractivity contribution in [2.24, 2.45) is 0 Å². The molecule has 0 bridgehead atoms. The number of anilines is 1. The largest absolute Gasteiger partial charge is 0.496 e. The molecular formula is C24H26N4O3S. The van der Waals surface area contributed by atoms with Gasteiger partial charge >= 0.3 is 0 Å². The minimum atomic E-state index is -0.138. The molecule has 7 nitrogen and oxygen atoms in total. The number of aryl methyl sites for hydroxylation is 1. The van der Waals surface area contributed by atoms with E-state index in [9.17, 15) is 9.59 Å². The van der Waals surface area contributed by atoms with Gasteiger partial charge in [0.25, 0.3) is 5.56 Å². The summed E-state index contributed by atoms with van der Waals surface area (Å²) in [5, 5.41) is 3.35. The van der Waals surface area contributed by atoms with Crippen LogP contribution >= 0.6 is 11.8 Å². The van der Waals surface area contributed by atoms with Crippen molar-refractivity contribution < 1.29 is 9.53 Å². The van der Waals surface area contributed by atoms with Crippen molar-refractivity contribution in [3.05, 3.63) is 81.3 Å². The van der Waals surface area contributed by atoms with Gasteiger partial charge in [-0.05, 0) is 30.7 Å². The summed E-state index contributed by atoms with van der Waals surface area (Å²) in [6.07, 6.45) is 0.692. The number of aromatic nitrogens is 2. The molecule has 4 rings (SSSR count). The van der Waals surface area contributed by atoms with E-state index in [4.69, 9.17) is 4.74 Å². The van der Waals surface area contributed by atoms with Crippen LogP contribution in [0.25, 0.3) is 0 Å². The highest BCUT2D eigenvalue weighted by Crippen LogP contribution is 2.23. The number of para-hydroxylation sites is 1.